The molecule has 2 heterocycles. The molecule has 0 radical (unpaired) electrons. The number of rotatable bonds is 9. The molecule has 0 aromatic carbocycles. The number of halogens is 1. The van der Waals surface area contributed by atoms with E-state index >= 15 is 0 Å². The average molecular weight is 465 g/mol. The Balaban J connectivity index is 0.00000312. The van der Waals surface area contributed by atoms with Crippen LogP contribution in [0.4, 0.5) is 0 Å². The quantitative estimate of drug-likeness (QED) is 0.253. The third-order valence-electron chi connectivity index (χ3n) is 3.97. The number of hydrogen-bond donors (Lipinski definition) is 2. The fourth-order valence-electron chi connectivity index (χ4n) is 2.61. The van der Waals surface area contributed by atoms with Gasteiger partial charge in [0, 0.05) is 58.3 Å². The first kappa shape index (κ1) is 22.2. The number of aryl methyl sites for hydroxylation is 1. The number of nitrogens with one attached hydrogen (secondary N) is 2. The maximum atomic E-state index is 5.78. The van der Waals surface area contributed by atoms with Gasteiger partial charge in [-0.2, -0.15) is 5.10 Å². The molecule has 8 heteroatoms. The van der Waals surface area contributed by atoms with Crippen molar-refractivity contribution in [2.24, 2.45) is 18.0 Å². The summed E-state index contributed by atoms with van der Waals surface area (Å²) in [5.41, 5.74) is 1.11. The standard InChI is InChI=1S/C17H31N5O2.HI/c1-3-18-17(20-11-16-12-21-22(2)13-16)19-7-4-8-24-14-15-5-9-23-10-6-15;/h12-13,15H,3-11,14H2,1-2H3,(H2,18,19,20);1H. The number of guanidine groups is 1. The van der Waals surface area contributed by atoms with Crippen LogP contribution >= 0.6 is 24.0 Å². The van der Waals surface area contributed by atoms with E-state index in [-0.39, 0.29) is 24.0 Å². The molecule has 144 valence electrons. The molecule has 1 saturated heterocycles. The predicted octanol–water partition coefficient (Wildman–Crippen LogP) is 1.93. The van der Waals surface area contributed by atoms with Gasteiger partial charge in [-0.3, -0.25) is 4.68 Å². The molecule has 0 spiro atoms. The molecule has 2 rings (SSSR count). The van der Waals surface area contributed by atoms with Gasteiger partial charge in [-0.25, -0.2) is 4.99 Å². The van der Waals surface area contributed by atoms with Crippen molar-refractivity contribution < 1.29 is 9.47 Å². The number of ether oxygens (including phenoxy) is 2. The minimum absolute atomic E-state index is 0. The van der Waals surface area contributed by atoms with E-state index in [0.717, 1.165) is 70.3 Å². The predicted molar refractivity (Wildman–Crippen MR) is 110 cm³/mol. The van der Waals surface area contributed by atoms with E-state index in [1.807, 2.05) is 19.4 Å². The van der Waals surface area contributed by atoms with E-state index in [1.54, 1.807) is 4.68 Å². The van der Waals surface area contributed by atoms with Crippen LogP contribution in [0.3, 0.4) is 0 Å². The summed E-state index contributed by atoms with van der Waals surface area (Å²) < 4.78 is 12.9. The van der Waals surface area contributed by atoms with Gasteiger partial charge in [0.2, 0.25) is 0 Å². The van der Waals surface area contributed by atoms with Crippen molar-refractivity contribution in [2.75, 3.05) is 39.5 Å². The monoisotopic (exact) mass is 465 g/mol. The Hall–Kier alpha value is -0.870. The molecule has 0 unspecified atom stereocenters. The third kappa shape index (κ3) is 9.41. The third-order valence-corrected chi connectivity index (χ3v) is 3.97. The lowest BCUT2D eigenvalue weighted by Gasteiger charge is -2.21. The summed E-state index contributed by atoms with van der Waals surface area (Å²) in [7, 11) is 1.91. The Kier molecular flexibility index (Phi) is 11.8. The summed E-state index contributed by atoms with van der Waals surface area (Å²) in [5, 5.41) is 10.8. The van der Waals surface area contributed by atoms with Gasteiger partial charge in [-0.05, 0) is 32.1 Å². The maximum absolute atomic E-state index is 5.78. The maximum Gasteiger partial charge on any atom is 0.191 e. The molecular formula is C17H32IN5O2. The molecule has 7 nitrogen and oxygen atoms in total. The van der Waals surface area contributed by atoms with Crippen molar-refractivity contribution in [2.45, 2.75) is 32.7 Å². The van der Waals surface area contributed by atoms with Gasteiger partial charge in [0.25, 0.3) is 0 Å². The summed E-state index contributed by atoms with van der Waals surface area (Å²) >= 11 is 0. The lowest BCUT2D eigenvalue weighted by Crippen LogP contribution is -2.38. The van der Waals surface area contributed by atoms with E-state index in [0.29, 0.717) is 12.5 Å². The van der Waals surface area contributed by atoms with Gasteiger partial charge in [-0.1, -0.05) is 0 Å². The van der Waals surface area contributed by atoms with Crippen LogP contribution < -0.4 is 10.6 Å². The number of aliphatic imine (C=N–C) groups is 1. The highest BCUT2D eigenvalue weighted by Gasteiger charge is 2.13. The summed E-state index contributed by atoms with van der Waals surface area (Å²) in [5.74, 6) is 1.51. The van der Waals surface area contributed by atoms with Crippen molar-refractivity contribution in [1.29, 1.82) is 0 Å². The fraction of sp³-hybridized carbons (Fsp3) is 0.765. The molecule has 0 atom stereocenters. The SMILES string of the molecule is CCNC(=NCc1cnn(C)c1)NCCCOCC1CCOCC1.I. The Labute approximate surface area is 168 Å². The van der Waals surface area contributed by atoms with Crippen LogP contribution in [0, 0.1) is 5.92 Å². The van der Waals surface area contributed by atoms with E-state index < -0.39 is 0 Å². The minimum atomic E-state index is 0. The second-order valence-electron chi connectivity index (χ2n) is 6.13. The van der Waals surface area contributed by atoms with Crippen LogP contribution in [0.1, 0.15) is 31.7 Å². The molecule has 0 amide bonds. The first-order valence-electron chi connectivity index (χ1n) is 8.93. The molecule has 0 saturated carbocycles. The van der Waals surface area contributed by atoms with E-state index in [4.69, 9.17) is 9.47 Å². The van der Waals surface area contributed by atoms with Crippen LogP contribution in [0.2, 0.25) is 0 Å². The van der Waals surface area contributed by atoms with E-state index in [9.17, 15) is 0 Å². The smallest absolute Gasteiger partial charge is 0.191 e. The Morgan fingerprint density at radius 3 is 2.88 bits per heavy atom. The zero-order valence-corrected chi connectivity index (χ0v) is 17.7. The molecule has 0 bridgehead atoms. The van der Waals surface area contributed by atoms with Crippen molar-refractivity contribution in [3.05, 3.63) is 18.0 Å². The van der Waals surface area contributed by atoms with Crippen molar-refractivity contribution in [3.8, 4) is 0 Å². The number of nitrogens with zero attached hydrogens (tertiary/aromatic N) is 3. The largest absolute Gasteiger partial charge is 0.381 e. The second-order valence-corrected chi connectivity index (χ2v) is 6.13. The summed E-state index contributed by atoms with van der Waals surface area (Å²) in [6.07, 6.45) is 7.06. The summed E-state index contributed by atoms with van der Waals surface area (Å²) in [6, 6.07) is 0. The lowest BCUT2D eigenvalue weighted by atomic mass is 10.0. The van der Waals surface area contributed by atoms with Gasteiger partial charge in [0.1, 0.15) is 0 Å². The van der Waals surface area contributed by atoms with Gasteiger partial charge in [0.15, 0.2) is 5.96 Å². The fourth-order valence-corrected chi connectivity index (χ4v) is 2.61. The van der Waals surface area contributed by atoms with Crippen molar-refractivity contribution in [3.63, 3.8) is 0 Å². The molecule has 2 N–H and O–H groups in total. The highest BCUT2D eigenvalue weighted by Crippen LogP contribution is 2.14. The molecule has 1 aliphatic rings. The lowest BCUT2D eigenvalue weighted by molar-refractivity contribution is 0.0203. The highest BCUT2D eigenvalue weighted by molar-refractivity contribution is 14.0. The van der Waals surface area contributed by atoms with E-state index in [1.165, 1.54) is 0 Å². The number of aromatic nitrogens is 2. The van der Waals surface area contributed by atoms with Crippen LogP contribution in [-0.2, 0) is 23.1 Å². The summed E-state index contributed by atoms with van der Waals surface area (Å²) in [6.45, 7) is 7.81. The molecule has 1 aromatic rings. The van der Waals surface area contributed by atoms with Crippen LogP contribution in [0.25, 0.3) is 0 Å². The molecule has 1 aliphatic heterocycles. The molecule has 1 aromatic heterocycles. The molecule has 1 fully saturated rings. The van der Waals surface area contributed by atoms with Crippen LogP contribution in [0.15, 0.2) is 17.4 Å². The average Bonchev–Trinajstić information content (AvgIpc) is 3.02. The van der Waals surface area contributed by atoms with Crippen molar-refractivity contribution in [1.82, 2.24) is 20.4 Å². The van der Waals surface area contributed by atoms with Crippen LogP contribution in [0.5, 0.6) is 0 Å². The van der Waals surface area contributed by atoms with Gasteiger partial charge in [0.05, 0.1) is 12.7 Å². The zero-order chi connectivity index (χ0) is 17.0. The Morgan fingerprint density at radius 1 is 1.40 bits per heavy atom. The van der Waals surface area contributed by atoms with Crippen LogP contribution in [-0.4, -0.2) is 55.3 Å². The van der Waals surface area contributed by atoms with Gasteiger partial charge >= 0.3 is 0 Å². The first-order chi connectivity index (χ1) is 11.8. The van der Waals surface area contributed by atoms with Gasteiger partial charge in [-0.15, -0.1) is 24.0 Å². The highest BCUT2D eigenvalue weighted by atomic mass is 127. The zero-order valence-electron chi connectivity index (χ0n) is 15.4. The normalized spacial score (nSPS) is 15.7. The Morgan fingerprint density at radius 2 is 2.20 bits per heavy atom. The van der Waals surface area contributed by atoms with Crippen molar-refractivity contribution >= 4 is 29.9 Å². The first-order valence-corrected chi connectivity index (χ1v) is 8.93. The molecule has 0 aliphatic carbocycles. The summed E-state index contributed by atoms with van der Waals surface area (Å²) in [4.78, 5) is 4.57. The minimum Gasteiger partial charge on any atom is -0.381 e. The second kappa shape index (κ2) is 13.3. The number of hydrogen-bond acceptors (Lipinski definition) is 4. The molecule has 25 heavy (non-hydrogen) atoms. The topological polar surface area (TPSA) is 72.7 Å². The van der Waals surface area contributed by atoms with Gasteiger partial charge < -0.3 is 20.1 Å². The van der Waals surface area contributed by atoms with E-state index in [2.05, 4.69) is 27.6 Å². The molecular weight excluding hydrogens is 433 g/mol. The Bertz CT molecular complexity index is 489.